The maximum absolute atomic E-state index is 11.9. The molecule has 0 bridgehead atoms. The van der Waals surface area contributed by atoms with Gasteiger partial charge in [-0.3, -0.25) is 4.18 Å². The first-order chi connectivity index (χ1) is 16.7. The quantitative estimate of drug-likeness (QED) is 0.0724. The lowest BCUT2D eigenvalue weighted by atomic mass is 10.0. The van der Waals surface area contributed by atoms with Crippen LogP contribution in [-0.2, 0) is 14.3 Å². The molecule has 4 nitrogen and oxygen atoms in total. The van der Waals surface area contributed by atoms with Gasteiger partial charge in [0.25, 0.3) is 10.1 Å². The van der Waals surface area contributed by atoms with Crippen molar-refractivity contribution in [2.75, 3.05) is 38.5 Å². The van der Waals surface area contributed by atoms with Gasteiger partial charge in [-0.25, -0.2) is 0 Å². The Morgan fingerprint density at radius 2 is 0.971 bits per heavy atom. The molecule has 0 heterocycles. The molecule has 0 amide bonds. The minimum absolute atomic E-state index is 0.192. The molecule has 0 aromatic rings. The van der Waals surface area contributed by atoms with Crippen LogP contribution in [0.1, 0.15) is 151 Å². The van der Waals surface area contributed by atoms with Crippen LogP contribution in [0.25, 0.3) is 0 Å². The fourth-order valence-electron chi connectivity index (χ4n) is 4.54. The van der Waals surface area contributed by atoms with Gasteiger partial charge in [-0.1, -0.05) is 111 Å². The Morgan fingerprint density at radius 3 is 1.37 bits per heavy atom. The molecule has 35 heavy (non-hydrogen) atoms. The van der Waals surface area contributed by atoms with E-state index in [4.69, 9.17) is 4.18 Å². The number of unbranched alkanes of at least 4 members (excludes halogenated alkanes) is 13. The van der Waals surface area contributed by atoms with Gasteiger partial charge >= 0.3 is 0 Å². The van der Waals surface area contributed by atoms with Crippen LogP contribution >= 0.6 is 0 Å². The Balaban J connectivity index is 0. The highest BCUT2D eigenvalue weighted by Gasteiger charge is 2.16. The Hall–Kier alpha value is -0.130. The Morgan fingerprint density at radius 1 is 0.571 bits per heavy atom. The molecule has 5 heteroatoms. The van der Waals surface area contributed by atoms with Crippen molar-refractivity contribution in [3.63, 3.8) is 0 Å². The normalized spacial score (nSPS) is 12.1. The summed E-state index contributed by atoms with van der Waals surface area (Å²) in [7, 11) is -3.30. The van der Waals surface area contributed by atoms with Gasteiger partial charge in [-0.15, -0.1) is 0 Å². The summed E-state index contributed by atoms with van der Waals surface area (Å²) >= 11 is 0. The molecule has 0 aromatic carbocycles. The lowest BCUT2D eigenvalue weighted by Crippen LogP contribution is -2.47. The molecular formula is C30H66NO3S+. The fraction of sp³-hybridized carbons (Fsp3) is 1.00. The second-order valence-electron chi connectivity index (χ2n) is 10.8. The molecular weight excluding hydrogens is 454 g/mol. The molecule has 0 aliphatic rings. The third kappa shape index (κ3) is 25.3. The predicted molar refractivity (Wildman–Crippen MR) is 157 cm³/mol. The molecule has 0 fully saturated rings. The third-order valence-corrected chi connectivity index (χ3v) is 8.93. The van der Waals surface area contributed by atoms with Gasteiger partial charge in [0.15, 0.2) is 0 Å². The van der Waals surface area contributed by atoms with Gasteiger partial charge in [0.1, 0.15) is 0 Å². The molecule has 0 aromatic heterocycles. The van der Waals surface area contributed by atoms with Crippen molar-refractivity contribution in [2.45, 2.75) is 151 Å². The fourth-order valence-corrected chi connectivity index (χ4v) is 5.59. The highest BCUT2D eigenvalue weighted by molar-refractivity contribution is 7.86. The van der Waals surface area contributed by atoms with Crippen LogP contribution in [0.15, 0.2) is 0 Å². The smallest absolute Gasteiger partial charge is 0.267 e. The molecule has 0 spiro atoms. The average molecular weight is 521 g/mol. The SMILES string of the molecule is CCCCCCCCCCCS(=O)(=O)OCCCCCCCCC(C)C.CC[N+](CC)(CC)CC. The van der Waals surface area contributed by atoms with Gasteiger partial charge in [0, 0.05) is 0 Å². The maximum atomic E-state index is 11.9. The molecule has 0 unspecified atom stereocenters. The first-order valence-corrected chi connectivity index (χ1v) is 17.0. The minimum Gasteiger partial charge on any atom is -0.325 e. The van der Waals surface area contributed by atoms with Crippen LogP contribution in [0.3, 0.4) is 0 Å². The van der Waals surface area contributed by atoms with Crippen LogP contribution in [-0.4, -0.2) is 51.4 Å². The number of rotatable bonds is 24. The molecule has 0 rings (SSSR count). The van der Waals surface area contributed by atoms with E-state index in [1.807, 2.05) is 0 Å². The van der Waals surface area contributed by atoms with Crippen molar-refractivity contribution in [2.24, 2.45) is 5.92 Å². The number of quaternary nitrogens is 1. The largest absolute Gasteiger partial charge is 0.325 e. The van der Waals surface area contributed by atoms with Crippen LogP contribution < -0.4 is 0 Å². The monoisotopic (exact) mass is 520 g/mol. The molecule has 0 aliphatic heterocycles. The zero-order valence-corrected chi connectivity index (χ0v) is 26.0. The minimum atomic E-state index is -3.30. The van der Waals surface area contributed by atoms with Crippen LogP contribution in [0.5, 0.6) is 0 Å². The van der Waals surface area contributed by atoms with Crippen molar-refractivity contribution < 1.29 is 17.1 Å². The molecule has 0 aliphatic carbocycles. The van der Waals surface area contributed by atoms with E-state index in [2.05, 4.69) is 48.5 Å². The van der Waals surface area contributed by atoms with E-state index in [0.29, 0.717) is 6.61 Å². The van der Waals surface area contributed by atoms with Crippen molar-refractivity contribution in [1.29, 1.82) is 0 Å². The molecule has 0 radical (unpaired) electrons. The van der Waals surface area contributed by atoms with Crippen molar-refractivity contribution in [3.8, 4) is 0 Å². The first kappa shape index (κ1) is 37.0. The molecule has 0 atom stereocenters. The highest BCUT2D eigenvalue weighted by atomic mass is 32.2. The van der Waals surface area contributed by atoms with E-state index in [-0.39, 0.29) is 5.75 Å². The maximum Gasteiger partial charge on any atom is 0.267 e. The number of hydrogen-bond acceptors (Lipinski definition) is 3. The summed E-state index contributed by atoms with van der Waals surface area (Å²) in [5, 5.41) is 0. The summed E-state index contributed by atoms with van der Waals surface area (Å²) in [6, 6.07) is 0. The lowest BCUT2D eigenvalue weighted by Gasteiger charge is -2.34. The molecule has 214 valence electrons. The highest BCUT2D eigenvalue weighted by Crippen LogP contribution is 2.13. The summed E-state index contributed by atoms with van der Waals surface area (Å²) in [6.45, 7) is 21.4. The third-order valence-electron chi connectivity index (χ3n) is 7.62. The second kappa shape index (κ2) is 25.5. The van der Waals surface area contributed by atoms with Crippen molar-refractivity contribution >= 4 is 10.1 Å². The summed E-state index contributed by atoms with van der Waals surface area (Å²) in [6.07, 6.45) is 19.1. The summed E-state index contributed by atoms with van der Waals surface area (Å²) in [5.41, 5.74) is 0. The van der Waals surface area contributed by atoms with Gasteiger partial charge < -0.3 is 4.48 Å². The van der Waals surface area contributed by atoms with Crippen LogP contribution in [0.4, 0.5) is 0 Å². The second-order valence-corrected chi connectivity index (χ2v) is 12.6. The van der Waals surface area contributed by atoms with E-state index in [1.165, 1.54) is 101 Å². The van der Waals surface area contributed by atoms with Gasteiger partial charge in [0.05, 0.1) is 38.5 Å². The van der Waals surface area contributed by atoms with E-state index >= 15 is 0 Å². The van der Waals surface area contributed by atoms with E-state index in [1.54, 1.807) is 0 Å². The first-order valence-electron chi connectivity index (χ1n) is 15.4. The van der Waals surface area contributed by atoms with Crippen LogP contribution in [0.2, 0.25) is 0 Å². The summed E-state index contributed by atoms with van der Waals surface area (Å²) < 4.78 is 30.1. The molecule has 0 saturated carbocycles. The zero-order chi connectivity index (χ0) is 26.8. The number of hydrogen-bond donors (Lipinski definition) is 0. The van der Waals surface area contributed by atoms with E-state index in [0.717, 1.165) is 38.0 Å². The predicted octanol–water partition coefficient (Wildman–Crippen LogP) is 9.13. The summed E-state index contributed by atoms with van der Waals surface area (Å²) in [5.74, 6) is 0.997. The van der Waals surface area contributed by atoms with Crippen molar-refractivity contribution in [1.82, 2.24) is 0 Å². The van der Waals surface area contributed by atoms with Crippen LogP contribution in [0, 0.1) is 5.92 Å². The number of nitrogens with zero attached hydrogens (tertiary/aromatic N) is 1. The molecule has 0 N–H and O–H groups in total. The van der Waals surface area contributed by atoms with Gasteiger partial charge in [0.2, 0.25) is 0 Å². The topological polar surface area (TPSA) is 43.4 Å². The van der Waals surface area contributed by atoms with Gasteiger partial charge in [-0.2, -0.15) is 8.42 Å². The Labute approximate surface area is 222 Å². The van der Waals surface area contributed by atoms with Gasteiger partial charge in [-0.05, 0) is 46.5 Å². The van der Waals surface area contributed by atoms with Crippen molar-refractivity contribution in [3.05, 3.63) is 0 Å². The summed E-state index contributed by atoms with van der Waals surface area (Å²) in [4.78, 5) is 0. The Bertz CT molecular complexity index is 498. The zero-order valence-electron chi connectivity index (χ0n) is 25.2. The van der Waals surface area contributed by atoms with E-state index < -0.39 is 10.1 Å². The molecule has 0 saturated heterocycles. The van der Waals surface area contributed by atoms with E-state index in [9.17, 15) is 8.42 Å². The lowest BCUT2D eigenvalue weighted by molar-refractivity contribution is -0.921. The average Bonchev–Trinajstić information content (AvgIpc) is 2.84. The standard InChI is InChI=1S/C22H46O3S.C8H20N/c1-4-5-6-7-8-9-12-15-18-21-26(23,24)25-20-17-14-11-10-13-16-19-22(2)3;1-5-9(6-2,7-3)8-4/h22H,4-21H2,1-3H3;5-8H2,1-4H3/q;+1. The Kier molecular flexibility index (Phi) is 27.0.